The van der Waals surface area contributed by atoms with Crippen molar-refractivity contribution in [2.45, 2.75) is 23.8 Å². The van der Waals surface area contributed by atoms with Gasteiger partial charge < -0.3 is 10.0 Å². The average Bonchev–Trinajstić information content (AvgIpc) is 2.84. The van der Waals surface area contributed by atoms with E-state index < -0.39 is 16.0 Å². The predicted molar refractivity (Wildman–Crippen MR) is 72.3 cm³/mol. The van der Waals surface area contributed by atoms with Gasteiger partial charge in [0.2, 0.25) is 15.9 Å². The van der Waals surface area contributed by atoms with E-state index in [1.165, 1.54) is 10.3 Å². The number of likely N-dealkylation sites (tertiary alicyclic amines) is 1. The van der Waals surface area contributed by atoms with Crippen molar-refractivity contribution in [1.82, 2.24) is 9.62 Å². The van der Waals surface area contributed by atoms with Crippen LogP contribution in [-0.4, -0.2) is 49.9 Å². The van der Waals surface area contributed by atoms with Gasteiger partial charge in [0.15, 0.2) is 0 Å². The summed E-state index contributed by atoms with van der Waals surface area (Å²) < 4.78 is 26.8. The van der Waals surface area contributed by atoms with Crippen LogP contribution >= 0.6 is 11.3 Å². The lowest BCUT2D eigenvalue weighted by molar-refractivity contribution is -0.132. The molecule has 0 saturated carbocycles. The Hall–Kier alpha value is -1.45. The van der Waals surface area contributed by atoms with Gasteiger partial charge in [-0.15, -0.1) is 11.3 Å². The van der Waals surface area contributed by atoms with Gasteiger partial charge in [-0.25, -0.2) is 17.9 Å². The van der Waals surface area contributed by atoms with Crippen molar-refractivity contribution in [3.8, 4) is 0 Å². The molecular weight excluding hydrogens is 304 g/mol. The molecule has 0 spiro atoms. The first-order chi connectivity index (χ1) is 9.29. The Morgan fingerprint density at radius 2 is 2.25 bits per heavy atom. The zero-order chi connectivity index (χ0) is 14.9. The van der Waals surface area contributed by atoms with Crippen molar-refractivity contribution >= 4 is 33.2 Å². The summed E-state index contributed by atoms with van der Waals surface area (Å²) in [5.74, 6) is -1.16. The van der Waals surface area contributed by atoms with Crippen LogP contribution in [0.4, 0.5) is 0 Å². The minimum Gasteiger partial charge on any atom is -0.477 e. The van der Waals surface area contributed by atoms with Crippen molar-refractivity contribution in [3.05, 3.63) is 16.3 Å². The molecule has 7 nitrogen and oxygen atoms in total. The number of nitrogens with one attached hydrogen (secondary N) is 1. The van der Waals surface area contributed by atoms with Gasteiger partial charge in [-0.3, -0.25) is 4.79 Å². The van der Waals surface area contributed by atoms with E-state index in [2.05, 4.69) is 4.72 Å². The average molecular weight is 318 g/mol. The summed E-state index contributed by atoms with van der Waals surface area (Å²) in [5, 5.41) is 10.1. The van der Waals surface area contributed by atoms with E-state index in [9.17, 15) is 18.0 Å². The zero-order valence-corrected chi connectivity index (χ0v) is 12.3. The van der Waals surface area contributed by atoms with Crippen molar-refractivity contribution in [1.29, 1.82) is 0 Å². The molecule has 2 N–H and O–H groups in total. The summed E-state index contributed by atoms with van der Waals surface area (Å²) in [5.41, 5.74) is 0. The molecule has 1 saturated heterocycles. The molecule has 1 aliphatic rings. The molecule has 0 aliphatic carbocycles. The number of rotatable bonds is 4. The van der Waals surface area contributed by atoms with Crippen LogP contribution in [0.1, 0.15) is 22.5 Å². The Morgan fingerprint density at radius 1 is 1.55 bits per heavy atom. The molecule has 1 aromatic heterocycles. The maximum atomic E-state index is 12.1. The van der Waals surface area contributed by atoms with E-state index in [-0.39, 0.29) is 21.7 Å². The monoisotopic (exact) mass is 318 g/mol. The number of hydrogen-bond donors (Lipinski definition) is 2. The third kappa shape index (κ3) is 3.17. The maximum Gasteiger partial charge on any atom is 0.345 e. The second kappa shape index (κ2) is 5.51. The molecule has 2 heterocycles. The SMILES string of the molecule is CN1CC(NS(=O)(=O)c2csc(C(=O)O)c2)CCC1=O. The van der Waals surface area contributed by atoms with E-state index in [1.54, 1.807) is 7.05 Å². The van der Waals surface area contributed by atoms with Crippen LogP contribution in [0.2, 0.25) is 0 Å². The molecular formula is C11H14N2O5S2. The second-order valence-electron chi connectivity index (χ2n) is 4.58. The van der Waals surface area contributed by atoms with Crippen molar-refractivity contribution < 1.29 is 23.1 Å². The largest absolute Gasteiger partial charge is 0.477 e. The summed E-state index contributed by atoms with van der Waals surface area (Å²) >= 11 is 0.864. The van der Waals surface area contributed by atoms with Gasteiger partial charge in [0.25, 0.3) is 0 Å². The Labute approximate surface area is 120 Å². The number of nitrogens with zero attached hydrogens (tertiary/aromatic N) is 1. The number of thiophene rings is 1. The molecule has 1 unspecified atom stereocenters. The predicted octanol–water partition coefficient (Wildman–Crippen LogP) is 0.345. The fourth-order valence-electron chi connectivity index (χ4n) is 1.97. The molecule has 1 aromatic rings. The van der Waals surface area contributed by atoms with Crippen LogP contribution in [0.5, 0.6) is 0 Å². The number of carboxylic acid groups (broad SMARTS) is 1. The minimum absolute atomic E-state index is 0.0101. The topological polar surface area (TPSA) is 104 Å². The van der Waals surface area contributed by atoms with Gasteiger partial charge in [0.1, 0.15) is 4.88 Å². The fourth-order valence-corrected chi connectivity index (χ4v) is 4.34. The van der Waals surface area contributed by atoms with Crippen LogP contribution in [0, 0.1) is 0 Å². The molecule has 110 valence electrons. The number of carboxylic acids is 1. The summed E-state index contributed by atoms with van der Waals surface area (Å²) in [6.07, 6.45) is 0.742. The second-order valence-corrected chi connectivity index (χ2v) is 7.21. The van der Waals surface area contributed by atoms with Gasteiger partial charge >= 0.3 is 5.97 Å². The van der Waals surface area contributed by atoms with E-state index in [0.717, 1.165) is 17.4 Å². The highest BCUT2D eigenvalue weighted by molar-refractivity contribution is 7.89. The van der Waals surface area contributed by atoms with Gasteiger partial charge in [-0.05, 0) is 12.5 Å². The van der Waals surface area contributed by atoms with E-state index in [0.29, 0.717) is 19.4 Å². The van der Waals surface area contributed by atoms with E-state index in [4.69, 9.17) is 5.11 Å². The molecule has 0 radical (unpaired) electrons. The number of carbonyl (C=O) groups excluding carboxylic acids is 1. The summed E-state index contributed by atoms with van der Waals surface area (Å²) in [6.45, 7) is 0.313. The fraction of sp³-hybridized carbons (Fsp3) is 0.455. The highest BCUT2D eigenvalue weighted by atomic mass is 32.2. The zero-order valence-electron chi connectivity index (χ0n) is 10.7. The normalized spacial score (nSPS) is 20.1. The Bertz CT molecular complexity index is 637. The van der Waals surface area contributed by atoms with Gasteiger partial charge in [0.05, 0.1) is 4.90 Å². The molecule has 1 atom stereocenters. The standard InChI is InChI=1S/C11H14N2O5S2/c1-13-5-7(2-3-10(13)14)12-20(17,18)8-4-9(11(15)16)19-6-8/h4,6-7,12H,2-3,5H2,1H3,(H,15,16). The van der Waals surface area contributed by atoms with Crippen LogP contribution in [-0.2, 0) is 14.8 Å². The summed E-state index contributed by atoms with van der Waals surface area (Å²) in [6, 6.07) is 0.781. The van der Waals surface area contributed by atoms with Crippen molar-refractivity contribution in [3.63, 3.8) is 0 Å². The Balaban J connectivity index is 2.11. The van der Waals surface area contributed by atoms with Crippen molar-refractivity contribution in [2.24, 2.45) is 0 Å². The molecule has 0 bridgehead atoms. The molecule has 1 fully saturated rings. The number of piperidine rings is 1. The van der Waals surface area contributed by atoms with Crippen LogP contribution in [0.3, 0.4) is 0 Å². The van der Waals surface area contributed by atoms with Crippen LogP contribution in [0.25, 0.3) is 0 Å². The first-order valence-electron chi connectivity index (χ1n) is 5.88. The number of hydrogen-bond acceptors (Lipinski definition) is 5. The smallest absolute Gasteiger partial charge is 0.345 e. The number of amides is 1. The van der Waals surface area contributed by atoms with Gasteiger partial charge in [-0.1, -0.05) is 0 Å². The van der Waals surface area contributed by atoms with Crippen LogP contribution in [0.15, 0.2) is 16.3 Å². The van der Waals surface area contributed by atoms with Gasteiger partial charge in [0, 0.05) is 31.4 Å². The third-order valence-electron chi connectivity index (χ3n) is 3.04. The molecule has 1 aliphatic heterocycles. The lowest BCUT2D eigenvalue weighted by Crippen LogP contribution is -2.48. The third-order valence-corrected chi connectivity index (χ3v) is 5.61. The molecule has 9 heteroatoms. The lowest BCUT2D eigenvalue weighted by atomic mass is 10.1. The number of likely N-dealkylation sites (N-methyl/N-ethyl adjacent to an activating group) is 1. The Kier molecular flexibility index (Phi) is 4.11. The van der Waals surface area contributed by atoms with E-state index >= 15 is 0 Å². The number of carbonyl (C=O) groups is 2. The minimum atomic E-state index is -3.75. The van der Waals surface area contributed by atoms with E-state index in [1.807, 2.05) is 0 Å². The molecule has 20 heavy (non-hydrogen) atoms. The molecule has 1 amide bonds. The lowest BCUT2D eigenvalue weighted by Gasteiger charge is -2.29. The maximum absolute atomic E-state index is 12.1. The van der Waals surface area contributed by atoms with Crippen molar-refractivity contribution in [2.75, 3.05) is 13.6 Å². The molecule has 2 rings (SSSR count). The highest BCUT2D eigenvalue weighted by Crippen LogP contribution is 2.20. The number of aromatic carboxylic acids is 1. The summed E-state index contributed by atoms with van der Waals surface area (Å²) in [7, 11) is -2.13. The first kappa shape index (κ1) is 14.9. The first-order valence-corrected chi connectivity index (χ1v) is 8.24. The quantitative estimate of drug-likeness (QED) is 0.833. The van der Waals surface area contributed by atoms with Gasteiger partial charge in [-0.2, -0.15) is 0 Å². The Morgan fingerprint density at radius 3 is 2.80 bits per heavy atom. The van der Waals surface area contributed by atoms with Crippen LogP contribution < -0.4 is 4.72 Å². The molecule has 0 aromatic carbocycles. The highest BCUT2D eigenvalue weighted by Gasteiger charge is 2.28. The summed E-state index contributed by atoms with van der Waals surface area (Å²) in [4.78, 5) is 23.5. The number of sulfonamides is 1.